The summed E-state index contributed by atoms with van der Waals surface area (Å²) >= 11 is 0. The second kappa shape index (κ2) is 12.1. The molecule has 0 amide bonds. The molecule has 0 aliphatic carbocycles. The highest BCUT2D eigenvalue weighted by Crippen LogP contribution is 2.39. The Morgan fingerprint density at radius 3 is 2.84 bits per heavy atom. The zero-order chi connectivity index (χ0) is 30.8. The van der Waals surface area contributed by atoms with Gasteiger partial charge in [-0.2, -0.15) is 10.4 Å². The van der Waals surface area contributed by atoms with Crippen molar-refractivity contribution < 1.29 is 18.7 Å². The summed E-state index contributed by atoms with van der Waals surface area (Å²) in [4.78, 5) is 22.6. The molecule has 0 radical (unpaired) electrons. The minimum Gasteiger partial charge on any atom is -0.461 e. The average Bonchev–Trinajstić information content (AvgIpc) is 3.46. The molecule has 1 fully saturated rings. The number of ether oxygens (including phenoxy) is 2. The minimum absolute atomic E-state index is 0.0582. The van der Waals surface area contributed by atoms with Gasteiger partial charge in [-0.15, -0.1) is 0 Å². The van der Waals surface area contributed by atoms with E-state index in [4.69, 9.17) is 20.2 Å². The van der Waals surface area contributed by atoms with E-state index in [1.165, 1.54) is 18.2 Å². The van der Waals surface area contributed by atoms with Crippen molar-refractivity contribution in [2.75, 3.05) is 24.3 Å². The minimum atomic E-state index is -0.704. The lowest BCUT2D eigenvalue weighted by Crippen LogP contribution is -2.19. The summed E-state index contributed by atoms with van der Waals surface area (Å²) in [5.41, 5.74) is 11.1. The van der Waals surface area contributed by atoms with Crippen LogP contribution in [0.4, 0.5) is 21.5 Å². The van der Waals surface area contributed by atoms with Gasteiger partial charge in [0, 0.05) is 28.8 Å². The van der Waals surface area contributed by atoms with E-state index in [0.717, 1.165) is 35.7 Å². The third-order valence-electron chi connectivity index (χ3n) is 7.56. The maximum absolute atomic E-state index is 14.6. The third-order valence-corrected chi connectivity index (χ3v) is 7.56. The Morgan fingerprint density at radius 2 is 2.07 bits per heavy atom. The normalized spacial score (nSPS) is 14.7. The number of nitrogens with two attached hydrogens (primary N) is 1. The Balaban J connectivity index is 1.55. The van der Waals surface area contributed by atoms with Crippen molar-refractivity contribution >= 4 is 33.9 Å². The molecule has 0 spiro atoms. The number of carbonyl (C=O) groups excluding carboxylic acids is 1. The Morgan fingerprint density at radius 1 is 1.20 bits per heavy atom. The average molecular weight is 592 g/mol. The third kappa shape index (κ3) is 5.43. The van der Waals surface area contributed by atoms with E-state index in [1.807, 2.05) is 23.7 Å². The van der Waals surface area contributed by atoms with Gasteiger partial charge in [-0.25, -0.2) is 23.8 Å². The largest absolute Gasteiger partial charge is 0.461 e. The van der Waals surface area contributed by atoms with Gasteiger partial charge >= 0.3 is 5.97 Å². The lowest BCUT2D eigenvalue weighted by atomic mass is 9.98. The number of nitrogens with one attached hydrogen (secondary N) is 1. The highest BCUT2D eigenvalue weighted by Gasteiger charge is 2.26. The zero-order valence-corrected chi connectivity index (χ0v) is 24.3. The first-order chi connectivity index (χ1) is 21.4. The lowest BCUT2D eigenvalue weighted by molar-refractivity contribution is -0.0366. The molecule has 3 heterocycles. The lowest BCUT2D eigenvalue weighted by Gasteiger charge is -2.23. The van der Waals surface area contributed by atoms with Crippen molar-refractivity contribution in [3.63, 3.8) is 0 Å². The Bertz CT molecular complexity index is 1930. The molecular formula is C33H30FN7O3. The molecule has 1 saturated heterocycles. The fraction of sp³-hybridized carbons (Fsp3) is 0.242. The van der Waals surface area contributed by atoms with E-state index < -0.39 is 11.8 Å². The highest BCUT2D eigenvalue weighted by atomic mass is 19.1. The van der Waals surface area contributed by atoms with Crippen LogP contribution in [0.25, 0.3) is 33.5 Å². The number of carbonyl (C=O) groups is 1. The van der Waals surface area contributed by atoms with Crippen LogP contribution in [0.1, 0.15) is 54.0 Å². The van der Waals surface area contributed by atoms with E-state index in [-0.39, 0.29) is 30.0 Å². The highest BCUT2D eigenvalue weighted by molar-refractivity contribution is 6.03. The van der Waals surface area contributed by atoms with Crippen molar-refractivity contribution in [3.8, 4) is 28.7 Å². The van der Waals surface area contributed by atoms with E-state index in [0.29, 0.717) is 40.4 Å². The van der Waals surface area contributed by atoms with Crippen molar-refractivity contribution in [1.29, 1.82) is 5.26 Å². The van der Waals surface area contributed by atoms with Gasteiger partial charge in [-0.1, -0.05) is 12.1 Å². The Kier molecular flexibility index (Phi) is 7.91. The molecule has 3 aromatic carbocycles. The molecule has 0 saturated carbocycles. The number of nitriles is 1. The number of halogens is 1. The quantitative estimate of drug-likeness (QED) is 0.198. The molecular weight excluding hydrogens is 561 g/mol. The van der Waals surface area contributed by atoms with Crippen molar-refractivity contribution in [1.82, 2.24) is 19.7 Å². The summed E-state index contributed by atoms with van der Waals surface area (Å²) in [5.74, 6) is -1.06. The van der Waals surface area contributed by atoms with Gasteiger partial charge in [-0.3, -0.25) is 0 Å². The molecule has 10 nitrogen and oxygen atoms in total. The van der Waals surface area contributed by atoms with Crippen LogP contribution < -0.4 is 11.1 Å². The first kappa shape index (κ1) is 28.8. The number of esters is 1. The molecule has 1 aliphatic heterocycles. The molecule has 5 aromatic rings. The van der Waals surface area contributed by atoms with E-state index >= 15 is 0 Å². The summed E-state index contributed by atoms with van der Waals surface area (Å²) in [6, 6.07) is 17.0. The first-order valence-corrected chi connectivity index (χ1v) is 14.4. The fourth-order valence-electron chi connectivity index (χ4n) is 5.46. The smallest absolute Gasteiger partial charge is 0.359 e. The topological polar surface area (TPSA) is 141 Å². The SMILES string of the molecule is CCOC(=O)c1nc(-c2ccc(F)cc2Nc2cccc(C#N)c2)nc(-c2c(C)ccc3c2cnn3C2CCCCO2)c1N. The number of anilines is 3. The number of nitrogens with zero attached hydrogens (tertiary/aromatic N) is 5. The molecule has 0 bridgehead atoms. The number of hydrogen-bond donors (Lipinski definition) is 2. The van der Waals surface area contributed by atoms with Crippen LogP contribution in [0.3, 0.4) is 0 Å². The second-order valence-corrected chi connectivity index (χ2v) is 10.5. The number of benzene rings is 3. The van der Waals surface area contributed by atoms with Crippen LogP contribution in [-0.4, -0.2) is 38.9 Å². The number of fused-ring (bicyclic) bond motifs is 1. The molecule has 1 aliphatic rings. The van der Waals surface area contributed by atoms with E-state index in [1.54, 1.807) is 37.4 Å². The molecule has 1 unspecified atom stereocenters. The van der Waals surface area contributed by atoms with Crippen LogP contribution in [0.15, 0.2) is 60.8 Å². The van der Waals surface area contributed by atoms with Gasteiger partial charge in [0.05, 0.1) is 47.0 Å². The van der Waals surface area contributed by atoms with Crippen LogP contribution >= 0.6 is 0 Å². The maximum atomic E-state index is 14.6. The number of aryl methyl sites for hydroxylation is 1. The number of hydrogen-bond acceptors (Lipinski definition) is 9. The zero-order valence-electron chi connectivity index (χ0n) is 24.3. The van der Waals surface area contributed by atoms with Gasteiger partial charge in [-0.05, 0) is 81.1 Å². The number of rotatable bonds is 7. The van der Waals surface area contributed by atoms with Crippen LogP contribution in [0, 0.1) is 24.1 Å². The molecule has 222 valence electrons. The fourth-order valence-corrected chi connectivity index (χ4v) is 5.46. The predicted molar refractivity (Wildman–Crippen MR) is 165 cm³/mol. The van der Waals surface area contributed by atoms with Crippen LogP contribution in [0.2, 0.25) is 0 Å². The summed E-state index contributed by atoms with van der Waals surface area (Å²) in [7, 11) is 0. The van der Waals surface area contributed by atoms with Gasteiger partial charge in [0.1, 0.15) is 5.82 Å². The Hall–Kier alpha value is -5.34. The standard InChI is InChI=1S/C33H30FN7O3/c1-3-43-33(42)31-29(36)30(28-19(2)10-13-26-24(28)18-37-41(26)27-9-4-5-14-44-27)39-32(40-31)23-12-11-21(34)16-25(23)38-22-8-6-7-20(15-22)17-35/h6-8,10-13,15-16,18,27,38H,3-5,9,14,36H2,1-2H3. The van der Waals surface area contributed by atoms with Crippen molar-refractivity contribution in [2.45, 2.75) is 39.3 Å². The summed E-state index contributed by atoms with van der Waals surface area (Å²) in [6.07, 6.45) is 4.49. The Labute approximate surface area is 253 Å². The monoisotopic (exact) mass is 591 g/mol. The van der Waals surface area contributed by atoms with Crippen LogP contribution in [0.5, 0.6) is 0 Å². The van der Waals surface area contributed by atoms with E-state index in [9.17, 15) is 14.4 Å². The van der Waals surface area contributed by atoms with Crippen molar-refractivity contribution in [2.24, 2.45) is 0 Å². The van der Waals surface area contributed by atoms with Gasteiger partial charge < -0.3 is 20.5 Å². The summed E-state index contributed by atoms with van der Waals surface area (Å²) in [6.45, 7) is 4.42. The summed E-state index contributed by atoms with van der Waals surface area (Å²) in [5, 5.41) is 18.0. The predicted octanol–water partition coefficient (Wildman–Crippen LogP) is 6.68. The van der Waals surface area contributed by atoms with Gasteiger partial charge in [0.15, 0.2) is 17.7 Å². The molecule has 6 rings (SSSR count). The summed E-state index contributed by atoms with van der Waals surface area (Å²) < 4.78 is 27.8. The van der Waals surface area contributed by atoms with Gasteiger partial charge in [0.25, 0.3) is 0 Å². The van der Waals surface area contributed by atoms with E-state index in [2.05, 4.69) is 21.5 Å². The number of nitrogen functional groups attached to an aromatic ring is 1. The molecule has 44 heavy (non-hydrogen) atoms. The molecule has 11 heteroatoms. The molecule has 3 N–H and O–H groups in total. The maximum Gasteiger partial charge on any atom is 0.359 e. The second-order valence-electron chi connectivity index (χ2n) is 10.5. The molecule has 1 atom stereocenters. The van der Waals surface area contributed by atoms with Crippen molar-refractivity contribution in [3.05, 3.63) is 83.4 Å². The number of aromatic nitrogens is 4. The first-order valence-electron chi connectivity index (χ1n) is 14.4. The molecule has 2 aromatic heterocycles. The van der Waals surface area contributed by atoms with Gasteiger partial charge in [0.2, 0.25) is 0 Å². The van der Waals surface area contributed by atoms with Crippen LogP contribution in [-0.2, 0) is 9.47 Å².